The van der Waals surface area contributed by atoms with Gasteiger partial charge in [0.25, 0.3) is 0 Å². The highest BCUT2D eigenvalue weighted by atomic mass is 35.5. The fourth-order valence-corrected chi connectivity index (χ4v) is 4.09. The highest BCUT2D eigenvalue weighted by molar-refractivity contribution is 8.00. The summed E-state index contributed by atoms with van der Waals surface area (Å²) in [7, 11) is 0. The third-order valence-corrected chi connectivity index (χ3v) is 5.75. The van der Waals surface area contributed by atoms with Crippen LogP contribution >= 0.6 is 23.4 Å². The van der Waals surface area contributed by atoms with Crippen LogP contribution in [0.15, 0.2) is 59.5 Å². The number of carbonyl (C=O) groups is 1. The molecule has 2 aromatic carbocycles. The molecule has 5 heteroatoms. The van der Waals surface area contributed by atoms with Crippen molar-refractivity contribution in [1.82, 2.24) is 4.90 Å². The summed E-state index contributed by atoms with van der Waals surface area (Å²) in [5.74, 6) is 1.28. The van der Waals surface area contributed by atoms with Crippen LogP contribution in [-0.2, 0) is 4.79 Å². The topological polar surface area (TPSA) is 46.3 Å². The zero-order chi connectivity index (χ0) is 16.9. The Morgan fingerprint density at radius 1 is 1.12 bits per heavy atom. The first-order valence-electron chi connectivity index (χ1n) is 8.08. The molecule has 126 valence electrons. The Morgan fingerprint density at radius 2 is 1.83 bits per heavy atom. The maximum Gasteiger partial charge on any atom is 0.232 e. The van der Waals surface area contributed by atoms with Crippen LogP contribution in [0.5, 0.6) is 0 Å². The Morgan fingerprint density at radius 3 is 2.50 bits per heavy atom. The number of amides is 1. The lowest BCUT2D eigenvalue weighted by Crippen LogP contribution is -2.31. The Kier molecular flexibility index (Phi) is 5.82. The van der Waals surface area contributed by atoms with Gasteiger partial charge in [-0.3, -0.25) is 4.79 Å². The molecule has 0 radical (unpaired) electrons. The zero-order valence-corrected chi connectivity index (χ0v) is 15.0. The number of likely N-dealkylation sites (tertiary alicyclic amines) is 1. The number of hydrogen-bond donors (Lipinski definition) is 1. The Balaban J connectivity index is 1.60. The number of thioether (sulfide) groups is 1. The molecule has 1 fully saturated rings. The quantitative estimate of drug-likeness (QED) is 0.828. The van der Waals surface area contributed by atoms with Gasteiger partial charge >= 0.3 is 0 Å². The summed E-state index contributed by atoms with van der Waals surface area (Å²) >= 11 is 7.44. The first-order chi connectivity index (χ1) is 11.7. The third kappa shape index (κ3) is 4.12. The number of carbonyl (C=O) groups excluding carboxylic acids is 1. The van der Waals surface area contributed by atoms with Gasteiger partial charge in [-0.1, -0.05) is 41.9 Å². The Labute approximate surface area is 152 Å². The molecule has 1 saturated heterocycles. The maximum atomic E-state index is 12.6. The molecule has 2 N–H and O–H groups in total. The number of hydrogen-bond acceptors (Lipinski definition) is 3. The Bertz CT molecular complexity index is 678. The second kappa shape index (κ2) is 8.06. The fourth-order valence-electron chi connectivity index (χ4n) is 3.16. The van der Waals surface area contributed by atoms with E-state index in [1.807, 2.05) is 47.4 Å². The van der Waals surface area contributed by atoms with E-state index in [4.69, 9.17) is 17.3 Å². The van der Waals surface area contributed by atoms with E-state index >= 15 is 0 Å². The van der Waals surface area contributed by atoms with Crippen LogP contribution < -0.4 is 5.73 Å². The van der Waals surface area contributed by atoms with Gasteiger partial charge in [0, 0.05) is 28.9 Å². The van der Waals surface area contributed by atoms with Crippen molar-refractivity contribution in [2.75, 3.05) is 25.4 Å². The van der Waals surface area contributed by atoms with Crippen LogP contribution in [0, 0.1) is 5.92 Å². The van der Waals surface area contributed by atoms with E-state index in [9.17, 15) is 4.79 Å². The van der Waals surface area contributed by atoms with E-state index in [0.29, 0.717) is 29.2 Å². The number of rotatable bonds is 5. The molecule has 0 unspecified atom stereocenters. The molecule has 2 atom stereocenters. The minimum atomic E-state index is 0.173. The predicted octanol–water partition coefficient (Wildman–Crippen LogP) is 3.63. The molecule has 0 spiro atoms. The normalized spacial score (nSPS) is 20.3. The van der Waals surface area contributed by atoms with Crippen molar-refractivity contribution in [3.05, 3.63) is 65.2 Å². The van der Waals surface area contributed by atoms with E-state index in [1.54, 1.807) is 11.8 Å². The number of halogens is 1. The summed E-state index contributed by atoms with van der Waals surface area (Å²) in [6.45, 7) is 2.11. The largest absolute Gasteiger partial charge is 0.341 e. The lowest BCUT2D eigenvalue weighted by Gasteiger charge is -2.16. The SMILES string of the molecule is NC[C@@H]1CN(C(=O)CSc2ccc(Cl)cc2)C[C@H]1c1ccccc1. The molecule has 3 rings (SSSR count). The van der Waals surface area contributed by atoms with Gasteiger partial charge in [0.2, 0.25) is 5.91 Å². The maximum absolute atomic E-state index is 12.6. The molecule has 0 aromatic heterocycles. The average Bonchev–Trinajstić information content (AvgIpc) is 3.06. The monoisotopic (exact) mass is 360 g/mol. The van der Waals surface area contributed by atoms with Crippen LogP contribution in [-0.4, -0.2) is 36.2 Å². The van der Waals surface area contributed by atoms with Crippen molar-refractivity contribution >= 4 is 29.3 Å². The van der Waals surface area contributed by atoms with Gasteiger partial charge in [0.05, 0.1) is 5.75 Å². The zero-order valence-electron chi connectivity index (χ0n) is 13.4. The van der Waals surface area contributed by atoms with E-state index in [-0.39, 0.29) is 5.91 Å². The predicted molar refractivity (Wildman–Crippen MR) is 100 cm³/mol. The smallest absolute Gasteiger partial charge is 0.232 e. The molecule has 3 nitrogen and oxygen atoms in total. The molecule has 2 aromatic rings. The second-order valence-corrected chi connectivity index (χ2v) is 7.54. The van der Waals surface area contributed by atoms with E-state index in [2.05, 4.69) is 12.1 Å². The fraction of sp³-hybridized carbons (Fsp3) is 0.316. The van der Waals surface area contributed by atoms with Crippen molar-refractivity contribution in [2.24, 2.45) is 11.7 Å². The minimum absolute atomic E-state index is 0.173. The van der Waals surface area contributed by atoms with Crippen molar-refractivity contribution in [3.8, 4) is 0 Å². The summed E-state index contributed by atoms with van der Waals surface area (Å²) in [5, 5.41) is 0.710. The highest BCUT2D eigenvalue weighted by Gasteiger charge is 2.34. The van der Waals surface area contributed by atoms with E-state index < -0.39 is 0 Å². The molecule has 24 heavy (non-hydrogen) atoms. The van der Waals surface area contributed by atoms with Crippen molar-refractivity contribution in [1.29, 1.82) is 0 Å². The molecule has 1 aliphatic rings. The first kappa shape index (κ1) is 17.3. The summed E-state index contributed by atoms with van der Waals surface area (Å²) in [6.07, 6.45) is 0. The van der Waals surface area contributed by atoms with Gasteiger partial charge in [0.15, 0.2) is 0 Å². The van der Waals surface area contributed by atoms with Crippen LogP contribution in [0.1, 0.15) is 11.5 Å². The lowest BCUT2D eigenvalue weighted by atomic mass is 9.89. The van der Waals surface area contributed by atoms with Crippen LogP contribution in [0.25, 0.3) is 0 Å². The van der Waals surface area contributed by atoms with Gasteiger partial charge in [-0.05, 0) is 42.3 Å². The van der Waals surface area contributed by atoms with Crippen LogP contribution in [0.4, 0.5) is 0 Å². The number of benzene rings is 2. The lowest BCUT2D eigenvalue weighted by molar-refractivity contribution is -0.127. The summed E-state index contributed by atoms with van der Waals surface area (Å²) < 4.78 is 0. The van der Waals surface area contributed by atoms with Crippen LogP contribution in [0.3, 0.4) is 0 Å². The van der Waals surface area contributed by atoms with E-state index in [1.165, 1.54) is 5.56 Å². The van der Waals surface area contributed by atoms with Gasteiger partial charge in [-0.2, -0.15) is 0 Å². The minimum Gasteiger partial charge on any atom is -0.341 e. The molecular weight excluding hydrogens is 340 g/mol. The van der Waals surface area contributed by atoms with Crippen LogP contribution in [0.2, 0.25) is 5.02 Å². The number of nitrogens with zero attached hydrogens (tertiary/aromatic N) is 1. The Hall–Kier alpha value is -1.49. The van der Waals surface area contributed by atoms with E-state index in [0.717, 1.165) is 18.0 Å². The summed E-state index contributed by atoms with van der Waals surface area (Å²) in [5.41, 5.74) is 7.22. The first-order valence-corrected chi connectivity index (χ1v) is 9.45. The van der Waals surface area contributed by atoms with Crippen molar-refractivity contribution in [2.45, 2.75) is 10.8 Å². The van der Waals surface area contributed by atoms with Gasteiger partial charge in [-0.15, -0.1) is 11.8 Å². The second-order valence-electron chi connectivity index (χ2n) is 6.05. The molecule has 1 aliphatic heterocycles. The van der Waals surface area contributed by atoms with Crippen molar-refractivity contribution in [3.63, 3.8) is 0 Å². The standard InChI is InChI=1S/C19H21ClN2OS/c20-16-6-8-17(9-7-16)24-13-19(23)22-11-15(10-21)18(12-22)14-4-2-1-3-5-14/h1-9,15,18H,10-13,21H2/t15-,18+/m1/s1. The van der Waals surface area contributed by atoms with Gasteiger partial charge < -0.3 is 10.6 Å². The molecule has 1 heterocycles. The molecule has 0 aliphatic carbocycles. The molecular formula is C19H21ClN2OS. The summed E-state index contributed by atoms with van der Waals surface area (Å²) in [6, 6.07) is 17.9. The average molecular weight is 361 g/mol. The highest BCUT2D eigenvalue weighted by Crippen LogP contribution is 2.32. The van der Waals surface area contributed by atoms with Gasteiger partial charge in [0.1, 0.15) is 0 Å². The molecule has 0 bridgehead atoms. The molecule has 1 amide bonds. The van der Waals surface area contributed by atoms with Crippen molar-refractivity contribution < 1.29 is 4.79 Å². The van der Waals surface area contributed by atoms with Gasteiger partial charge in [-0.25, -0.2) is 0 Å². The molecule has 0 saturated carbocycles. The number of nitrogens with two attached hydrogens (primary N) is 1. The third-order valence-electron chi connectivity index (χ3n) is 4.50. The summed E-state index contributed by atoms with van der Waals surface area (Å²) in [4.78, 5) is 15.6.